The van der Waals surface area contributed by atoms with Gasteiger partial charge in [-0.05, 0) is 51.7 Å². The van der Waals surface area contributed by atoms with E-state index in [0.717, 1.165) is 6.42 Å². The zero-order chi connectivity index (χ0) is 17.3. The average molecular weight is 332 g/mol. The third kappa shape index (κ3) is 4.96. The van der Waals surface area contributed by atoms with E-state index in [1.807, 2.05) is 20.8 Å². The summed E-state index contributed by atoms with van der Waals surface area (Å²) in [5.41, 5.74) is -0.565. The van der Waals surface area contributed by atoms with Gasteiger partial charge in [-0.3, -0.25) is 4.90 Å². The van der Waals surface area contributed by atoms with Crippen LogP contribution < -0.4 is 0 Å². The lowest BCUT2D eigenvalue weighted by atomic mass is 10.2. The van der Waals surface area contributed by atoms with Crippen LogP contribution in [-0.4, -0.2) is 48.9 Å². The van der Waals surface area contributed by atoms with Gasteiger partial charge in [0.15, 0.2) is 8.32 Å². The number of carbonyl (C=O) groups excluding carboxylic acids is 1. The molecule has 1 N–H and O–H groups in total. The summed E-state index contributed by atoms with van der Waals surface area (Å²) in [5.74, 6) is 0. The third-order valence-electron chi connectivity index (χ3n) is 4.52. The fourth-order valence-corrected chi connectivity index (χ4v) is 3.18. The molecule has 5 nitrogen and oxygen atoms in total. The minimum Gasteiger partial charge on any atom is -0.444 e. The summed E-state index contributed by atoms with van der Waals surface area (Å²) in [6, 6.07) is -0.112. The van der Waals surface area contributed by atoms with Crippen molar-refractivity contribution in [1.82, 2.24) is 4.90 Å². The van der Waals surface area contributed by atoms with E-state index in [0.29, 0.717) is 13.0 Å². The van der Waals surface area contributed by atoms with Crippen LogP contribution >= 0.6 is 0 Å². The van der Waals surface area contributed by atoms with E-state index in [9.17, 15) is 9.90 Å². The Bertz CT molecular complexity index is 398. The van der Waals surface area contributed by atoms with E-state index < -0.39 is 26.2 Å². The van der Waals surface area contributed by atoms with E-state index in [2.05, 4.69) is 33.9 Å². The van der Waals surface area contributed by atoms with Crippen molar-refractivity contribution in [2.24, 2.45) is 0 Å². The molecule has 0 spiro atoms. The summed E-state index contributed by atoms with van der Waals surface area (Å²) in [5, 5.41) is 10.2. The van der Waals surface area contributed by atoms with Crippen molar-refractivity contribution in [2.45, 2.75) is 90.4 Å². The predicted molar refractivity (Wildman–Crippen MR) is 90.3 cm³/mol. The second-order valence-corrected chi connectivity index (χ2v) is 13.5. The number of rotatable bonds is 3. The SMILES string of the molecule is CC(C)(C)OC(=O)N1C(O)CC[C@H]1CO[Si](C)(C)C(C)(C)C. The summed E-state index contributed by atoms with van der Waals surface area (Å²) in [6.45, 7) is 16.9. The molecule has 0 aromatic heterocycles. The van der Waals surface area contributed by atoms with Crippen LogP contribution in [0.3, 0.4) is 0 Å². The van der Waals surface area contributed by atoms with E-state index in [-0.39, 0.29) is 11.1 Å². The quantitative estimate of drug-likeness (QED) is 0.801. The highest BCUT2D eigenvalue weighted by Gasteiger charge is 2.42. The minimum atomic E-state index is -1.87. The van der Waals surface area contributed by atoms with Gasteiger partial charge in [0.05, 0.1) is 12.6 Å². The van der Waals surface area contributed by atoms with Crippen molar-refractivity contribution in [3.63, 3.8) is 0 Å². The molecule has 0 bridgehead atoms. The van der Waals surface area contributed by atoms with Gasteiger partial charge in [0.2, 0.25) is 0 Å². The summed E-state index contributed by atoms with van der Waals surface area (Å²) in [6.07, 6.45) is 0.0870. The van der Waals surface area contributed by atoms with Crippen molar-refractivity contribution in [1.29, 1.82) is 0 Å². The smallest absolute Gasteiger partial charge is 0.412 e. The Balaban J connectivity index is 2.72. The summed E-state index contributed by atoms with van der Waals surface area (Å²) >= 11 is 0. The van der Waals surface area contributed by atoms with Crippen LogP contribution in [0.25, 0.3) is 0 Å². The van der Waals surface area contributed by atoms with Crippen molar-refractivity contribution < 1.29 is 19.1 Å². The number of carbonyl (C=O) groups is 1. The number of nitrogens with zero attached hydrogens (tertiary/aromatic N) is 1. The van der Waals surface area contributed by atoms with E-state index in [1.54, 1.807) is 0 Å². The van der Waals surface area contributed by atoms with Gasteiger partial charge < -0.3 is 14.3 Å². The highest BCUT2D eigenvalue weighted by atomic mass is 28.4. The number of likely N-dealkylation sites (tertiary alicyclic amines) is 1. The number of amides is 1. The molecule has 0 saturated carbocycles. The maximum absolute atomic E-state index is 12.3. The molecule has 1 aliphatic heterocycles. The molecule has 0 aromatic rings. The summed E-state index contributed by atoms with van der Waals surface area (Å²) in [4.78, 5) is 13.7. The van der Waals surface area contributed by atoms with Gasteiger partial charge in [0, 0.05) is 0 Å². The van der Waals surface area contributed by atoms with Crippen LogP contribution in [0.15, 0.2) is 0 Å². The van der Waals surface area contributed by atoms with Crippen LogP contribution in [0.4, 0.5) is 4.79 Å². The molecule has 2 atom stereocenters. The van der Waals surface area contributed by atoms with Gasteiger partial charge in [-0.25, -0.2) is 4.79 Å². The monoisotopic (exact) mass is 331 g/mol. The number of hydrogen-bond donors (Lipinski definition) is 1. The first-order valence-corrected chi connectivity index (χ1v) is 11.0. The normalized spacial score (nSPS) is 23.8. The standard InChI is InChI=1S/C16H33NO4Si/c1-15(2,3)21-14(19)17-12(9-10-13(17)18)11-20-22(7,8)16(4,5)6/h12-13,18H,9-11H2,1-8H3/t12-,13?/m0/s1. The Hall–Kier alpha value is -0.593. The van der Waals surface area contributed by atoms with Crippen molar-refractivity contribution in [3.8, 4) is 0 Å². The molecule has 1 fully saturated rings. The molecule has 1 unspecified atom stereocenters. The zero-order valence-corrected chi connectivity index (χ0v) is 16.4. The van der Waals surface area contributed by atoms with E-state index in [1.165, 1.54) is 4.90 Å². The number of aliphatic hydroxyl groups is 1. The molecule has 130 valence electrons. The lowest BCUT2D eigenvalue weighted by Gasteiger charge is -2.38. The van der Waals surface area contributed by atoms with E-state index in [4.69, 9.17) is 9.16 Å². The van der Waals surface area contributed by atoms with Gasteiger partial charge in [-0.2, -0.15) is 0 Å². The highest BCUT2D eigenvalue weighted by Crippen LogP contribution is 2.37. The molecule has 1 amide bonds. The van der Waals surface area contributed by atoms with E-state index >= 15 is 0 Å². The molecule has 1 heterocycles. The molecular formula is C16H33NO4Si. The zero-order valence-electron chi connectivity index (χ0n) is 15.4. The van der Waals surface area contributed by atoms with Crippen LogP contribution in [0, 0.1) is 0 Å². The fraction of sp³-hybridized carbons (Fsp3) is 0.938. The van der Waals surface area contributed by atoms with Crippen LogP contribution in [-0.2, 0) is 9.16 Å². The maximum atomic E-state index is 12.3. The Morgan fingerprint density at radius 1 is 1.18 bits per heavy atom. The maximum Gasteiger partial charge on any atom is 0.412 e. The van der Waals surface area contributed by atoms with Crippen LogP contribution in [0.5, 0.6) is 0 Å². The second-order valence-electron chi connectivity index (χ2n) is 8.67. The number of aliphatic hydroxyl groups excluding tert-OH is 1. The minimum absolute atomic E-state index is 0.112. The Morgan fingerprint density at radius 2 is 1.73 bits per heavy atom. The van der Waals surface area contributed by atoms with Crippen LogP contribution in [0.2, 0.25) is 18.1 Å². The molecule has 1 saturated heterocycles. The Labute approximate surface area is 136 Å². The first-order valence-electron chi connectivity index (χ1n) is 8.08. The van der Waals surface area contributed by atoms with Crippen molar-refractivity contribution in [3.05, 3.63) is 0 Å². The summed E-state index contributed by atoms with van der Waals surface area (Å²) in [7, 11) is -1.87. The lowest BCUT2D eigenvalue weighted by Crippen LogP contribution is -2.49. The highest BCUT2D eigenvalue weighted by molar-refractivity contribution is 6.74. The molecule has 1 rings (SSSR count). The summed E-state index contributed by atoms with van der Waals surface area (Å²) < 4.78 is 11.6. The first-order chi connectivity index (χ1) is 9.74. The molecular weight excluding hydrogens is 298 g/mol. The van der Waals surface area contributed by atoms with Gasteiger partial charge in [-0.15, -0.1) is 0 Å². The molecule has 22 heavy (non-hydrogen) atoms. The van der Waals surface area contributed by atoms with Crippen molar-refractivity contribution >= 4 is 14.4 Å². The van der Waals surface area contributed by atoms with Gasteiger partial charge >= 0.3 is 6.09 Å². The van der Waals surface area contributed by atoms with Gasteiger partial charge in [0.25, 0.3) is 0 Å². The topological polar surface area (TPSA) is 59.0 Å². The fourth-order valence-electron chi connectivity index (χ4n) is 2.13. The van der Waals surface area contributed by atoms with Gasteiger partial charge in [0.1, 0.15) is 11.8 Å². The third-order valence-corrected chi connectivity index (χ3v) is 9.02. The molecule has 1 aliphatic rings. The predicted octanol–water partition coefficient (Wildman–Crippen LogP) is 3.73. The lowest BCUT2D eigenvalue weighted by molar-refractivity contribution is -0.0296. The number of hydrogen-bond acceptors (Lipinski definition) is 4. The first kappa shape index (κ1) is 19.5. The molecule has 0 aromatic carbocycles. The van der Waals surface area contributed by atoms with Gasteiger partial charge in [-0.1, -0.05) is 20.8 Å². The average Bonchev–Trinajstić information content (AvgIpc) is 2.64. The number of ether oxygens (including phenoxy) is 1. The second kappa shape index (κ2) is 6.49. The largest absolute Gasteiger partial charge is 0.444 e. The molecule has 0 aliphatic carbocycles. The molecule has 0 radical (unpaired) electrons. The Kier molecular flexibility index (Phi) is 5.74. The van der Waals surface area contributed by atoms with Crippen molar-refractivity contribution in [2.75, 3.05) is 6.61 Å². The molecule has 6 heteroatoms. The Morgan fingerprint density at radius 3 is 2.18 bits per heavy atom. The van der Waals surface area contributed by atoms with Crippen LogP contribution in [0.1, 0.15) is 54.4 Å².